The van der Waals surface area contributed by atoms with Crippen LogP contribution in [0, 0.1) is 0 Å². The van der Waals surface area contributed by atoms with Gasteiger partial charge in [0.15, 0.2) is 0 Å². The van der Waals surface area contributed by atoms with Gasteiger partial charge in [0, 0.05) is 26.2 Å². The summed E-state index contributed by atoms with van der Waals surface area (Å²) in [6, 6.07) is 28.2. The number of halogens is 1. The van der Waals surface area contributed by atoms with Gasteiger partial charge in [-0.1, -0.05) is 84.4 Å². The minimum absolute atomic E-state index is 0.0480. The average molecular weight is 439 g/mol. The number of para-hydroxylation sites is 1. The van der Waals surface area contributed by atoms with E-state index < -0.39 is 0 Å². The molecule has 1 aliphatic rings. The molecule has 0 fully saturated rings. The average Bonchev–Trinajstić information content (AvgIpc) is 3.21. The summed E-state index contributed by atoms with van der Waals surface area (Å²) < 4.78 is 7.50. The van der Waals surface area contributed by atoms with E-state index in [0.29, 0.717) is 0 Å². The van der Waals surface area contributed by atoms with Gasteiger partial charge in [-0.15, -0.1) is 0 Å². The fourth-order valence-corrected chi connectivity index (χ4v) is 5.27. The zero-order valence-electron chi connectivity index (χ0n) is 16.3. The predicted octanol–water partition coefficient (Wildman–Crippen LogP) is 8.32. The van der Waals surface area contributed by atoms with Crippen molar-refractivity contribution in [1.29, 1.82) is 0 Å². The highest BCUT2D eigenvalue weighted by molar-refractivity contribution is 9.10. The summed E-state index contributed by atoms with van der Waals surface area (Å²) in [5, 5.41) is 2.37. The maximum Gasteiger partial charge on any atom is 0.143 e. The monoisotopic (exact) mass is 438 g/mol. The number of fused-ring (bicyclic) bond motifs is 7. The number of rotatable bonds is 1. The van der Waals surface area contributed by atoms with E-state index in [2.05, 4.69) is 103 Å². The molecule has 140 valence electrons. The van der Waals surface area contributed by atoms with Crippen molar-refractivity contribution in [2.24, 2.45) is 0 Å². The van der Waals surface area contributed by atoms with Gasteiger partial charge in [-0.25, -0.2) is 0 Å². The fourth-order valence-electron chi connectivity index (χ4n) is 4.87. The third-order valence-corrected chi connectivity index (χ3v) is 6.83. The molecule has 0 radical (unpaired) electrons. The molecule has 5 aromatic rings. The molecule has 1 heterocycles. The van der Waals surface area contributed by atoms with E-state index >= 15 is 0 Å². The minimum atomic E-state index is -0.0480. The maximum absolute atomic E-state index is 6.40. The largest absolute Gasteiger partial charge is 0.455 e. The van der Waals surface area contributed by atoms with Gasteiger partial charge < -0.3 is 4.42 Å². The first-order valence-corrected chi connectivity index (χ1v) is 10.7. The zero-order valence-corrected chi connectivity index (χ0v) is 17.9. The Morgan fingerprint density at radius 3 is 2.38 bits per heavy atom. The van der Waals surface area contributed by atoms with Gasteiger partial charge in [0.05, 0.1) is 0 Å². The molecule has 1 aromatic heterocycles. The van der Waals surface area contributed by atoms with E-state index in [1.807, 2.05) is 6.07 Å². The molecule has 29 heavy (non-hydrogen) atoms. The molecule has 0 spiro atoms. The van der Waals surface area contributed by atoms with Gasteiger partial charge in [-0.2, -0.15) is 0 Å². The zero-order chi connectivity index (χ0) is 19.8. The van der Waals surface area contributed by atoms with Crippen molar-refractivity contribution in [1.82, 2.24) is 0 Å². The highest BCUT2D eigenvalue weighted by Gasteiger charge is 2.37. The van der Waals surface area contributed by atoms with Crippen LogP contribution in [0.15, 0.2) is 87.8 Å². The molecule has 0 N–H and O–H groups in total. The smallest absolute Gasteiger partial charge is 0.143 e. The Bertz CT molecular complexity index is 1440. The lowest BCUT2D eigenvalue weighted by Gasteiger charge is -2.21. The predicted molar refractivity (Wildman–Crippen MR) is 124 cm³/mol. The van der Waals surface area contributed by atoms with Crippen LogP contribution in [0.1, 0.15) is 25.0 Å². The fraction of sp³-hybridized carbons (Fsp3) is 0.111. The Morgan fingerprint density at radius 1 is 0.724 bits per heavy atom. The van der Waals surface area contributed by atoms with E-state index in [1.54, 1.807) is 0 Å². The SMILES string of the molecule is CC1(C)c2ccc(-c3cccc(Br)c3)cc2-c2c1ccc1c2oc2ccccc21. The molecule has 0 saturated heterocycles. The molecule has 0 bridgehead atoms. The molecule has 0 aliphatic heterocycles. The van der Waals surface area contributed by atoms with Crippen LogP contribution in [0.2, 0.25) is 0 Å². The first kappa shape index (κ1) is 17.1. The molecule has 0 unspecified atom stereocenters. The van der Waals surface area contributed by atoms with Gasteiger partial charge in [0.25, 0.3) is 0 Å². The van der Waals surface area contributed by atoms with Crippen LogP contribution in [0.4, 0.5) is 0 Å². The number of hydrogen-bond donors (Lipinski definition) is 0. The minimum Gasteiger partial charge on any atom is -0.455 e. The second kappa shape index (κ2) is 5.84. The van der Waals surface area contributed by atoms with Crippen LogP contribution >= 0.6 is 15.9 Å². The van der Waals surface area contributed by atoms with Crippen molar-refractivity contribution in [3.8, 4) is 22.3 Å². The van der Waals surface area contributed by atoms with Crippen molar-refractivity contribution in [2.75, 3.05) is 0 Å². The van der Waals surface area contributed by atoms with E-state index in [4.69, 9.17) is 4.42 Å². The lowest BCUT2D eigenvalue weighted by atomic mass is 9.82. The first-order valence-electron chi connectivity index (χ1n) is 9.89. The number of hydrogen-bond acceptors (Lipinski definition) is 1. The molecule has 6 rings (SSSR count). The van der Waals surface area contributed by atoms with Crippen LogP contribution in [0.25, 0.3) is 44.2 Å². The second-order valence-corrected chi connectivity index (χ2v) is 9.27. The quantitative estimate of drug-likeness (QED) is 0.256. The van der Waals surface area contributed by atoms with Crippen LogP contribution in [0.5, 0.6) is 0 Å². The van der Waals surface area contributed by atoms with Gasteiger partial charge in [-0.05, 0) is 52.1 Å². The summed E-state index contributed by atoms with van der Waals surface area (Å²) in [6.07, 6.45) is 0. The van der Waals surface area contributed by atoms with Crippen LogP contribution < -0.4 is 0 Å². The molecule has 2 heteroatoms. The van der Waals surface area contributed by atoms with Crippen molar-refractivity contribution < 1.29 is 4.42 Å². The molecule has 0 saturated carbocycles. The maximum atomic E-state index is 6.40. The van der Waals surface area contributed by atoms with Gasteiger partial charge in [0.1, 0.15) is 11.2 Å². The summed E-state index contributed by atoms with van der Waals surface area (Å²) in [7, 11) is 0. The highest BCUT2D eigenvalue weighted by Crippen LogP contribution is 2.53. The van der Waals surface area contributed by atoms with Crippen molar-refractivity contribution in [2.45, 2.75) is 19.3 Å². The van der Waals surface area contributed by atoms with Gasteiger partial charge in [-0.3, -0.25) is 0 Å². The van der Waals surface area contributed by atoms with Gasteiger partial charge >= 0.3 is 0 Å². The Balaban J connectivity index is 1.69. The molecule has 0 atom stereocenters. The summed E-state index contributed by atoms with van der Waals surface area (Å²) in [5.41, 5.74) is 9.57. The normalized spacial score (nSPS) is 14.3. The Kier molecular flexibility index (Phi) is 3.43. The lowest BCUT2D eigenvalue weighted by molar-refractivity contribution is 0.653. The molecular weight excluding hydrogens is 420 g/mol. The van der Waals surface area contributed by atoms with E-state index in [1.165, 1.54) is 44.2 Å². The van der Waals surface area contributed by atoms with Gasteiger partial charge in [0.2, 0.25) is 0 Å². The third-order valence-electron chi connectivity index (χ3n) is 6.34. The van der Waals surface area contributed by atoms with E-state index in [0.717, 1.165) is 15.6 Å². The molecule has 0 amide bonds. The first-order chi connectivity index (χ1) is 14.0. The molecule has 1 aliphatic carbocycles. The summed E-state index contributed by atoms with van der Waals surface area (Å²) in [6.45, 7) is 4.62. The molecular formula is C27H19BrO. The van der Waals surface area contributed by atoms with Crippen LogP contribution in [-0.4, -0.2) is 0 Å². The summed E-state index contributed by atoms with van der Waals surface area (Å²) in [5.74, 6) is 0. The summed E-state index contributed by atoms with van der Waals surface area (Å²) >= 11 is 3.60. The Labute approximate surface area is 178 Å². The Morgan fingerprint density at radius 2 is 1.52 bits per heavy atom. The summed E-state index contributed by atoms with van der Waals surface area (Å²) in [4.78, 5) is 0. The van der Waals surface area contributed by atoms with Crippen LogP contribution in [0.3, 0.4) is 0 Å². The van der Waals surface area contributed by atoms with Crippen LogP contribution in [-0.2, 0) is 5.41 Å². The number of benzene rings is 4. The topological polar surface area (TPSA) is 13.1 Å². The third kappa shape index (κ3) is 2.33. The molecule has 1 nitrogen and oxygen atoms in total. The Hall–Kier alpha value is -2.84. The van der Waals surface area contributed by atoms with Crippen molar-refractivity contribution in [3.63, 3.8) is 0 Å². The van der Waals surface area contributed by atoms with E-state index in [-0.39, 0.29) is 5.41 Å². The number of furan rings is 1. The highest BCUT2D eigenvalue weighted by atomic mass is 79.9. The molecule has 4 aromatic carbocycles. The standard InChI is InChI=1S/C27H19BrO/c1-27(2)22-12-10-17(16-6-5-7-18(28)14-16)15-21(22)25-23(27)13-11-20-19-8-3-4-9-24(19)29-26(20)25/h3-15H,1-2H3. The van der Waals surface area contributed by atoms with Crippen molar-refractivity contribution in [3.05, 3.63) is 94.5 Å². The van der Waals surface area contributed by atoms with E-state index in [9.17, 15) is 0 Å². The lowest BCUT2D eigenvalue weighted by Crippen LogP contribution is -2.14. The van der Waals surface area contributed by atoms with Crippen molar-refractivity contribution >= 4 is 37.9 Å². The second-order valence-electron chi connectivity index (χ2n) is 8.36.